The maximum atomic E-state index is 4.52. The lowest BCUT2D eigenvalue weighted by Gasteiger charge is -2.46. The number of piperidine rings is 2. The summed E-state index contributed by atoms with van der Waals surface area (Å²) in [6.07, 6.45) is 8.89. The van der Waals surface area contributed by atoms with Crippen molar-refractivity contribution in [2.24, 2.45) is 5.41 Å². The van der Waals surface area contributed by atoms with E-state index in [-0.39, 0.29) is 0 Å². The molecular formula is C14H22N4. The highest BCUT2D eigenvalue weighted by atomic mass is 15.2. The first-order valence-corrected chi connectivity index (χ1v) is 7.02. The van der Waals surface area contributed by atoms with Gasteiger partial charge in [0, 0.05) is 37.4 Å². The second-order valence-electron chi connectivity index (χ2n) is 5.77. The molecule has 1 N–H and O–H groups in total. The third kappa shape index (κ3) is 2.21. The normalized spacial score (nSPS) is 28.6. The van der Waals surface area contributed by atoms with Crippen molar-refractivity contribution in [3.05, 3.63) is 18.1 Å². The minimum absolute atomic E-state index is 0.473. The van der Waals surface area contributed by atoms with Gasteiger partial charge in [-0.05, 0) is 39.2 Å². The lowest BCUT2D eigenvalue weighted by molar-refractivity contribution is 0.172. The molecule has 4 heteroatoms. The Labute approximate surface area is 109 Å². The van der Waals surface area contributed by atoms with Crippen molar-refractivity contribution in [1.29, 1.82) is 0 Å². The summed E-state index contributed by atoms with van der Waals surface area (Å²) in [5, 5.41) is 3.57. The van der Waals surface area contributed by atoms with Crippen molar-refractivity contribution in [3.8, 4) is 0 Å². The first kappa shape index (κ1) is 11.9. The van der Waals surface area contributed by atoms with E-state index in [2.05, 4.69) is 27.1 Å². The second-order valence-corrected chi connectivity index (χ2v) is 5.77. The molecule has 2 fully saturated rings. The molecule has 1 aromatic heterocycles. The quantitative estimate of drug-likeness (QED) is 0.819. The van der Waals surface area contributed by atoms with E-state index in [0.717, 1.165) is 24.6 Å². The molecular weight excluding hydrogens is 224 g/mol. The van der Waals surface area contributed by atoms with Crippen LogP contribution in [0.1, 0.15) is 31.4 Å². The Balaban J connectivity index is 1.80. The Hall–Kier alpha value is -1.16. The summed E-state index contributed by atoms with van der Waals surface area (Å²) in [7, 11) is 0. The Morgan fingerprint density at radius 1 is 1.22 bits per heavy atom. The lowest BCUT2D eigenvalue weighted by Crippen LogP contribution is -2.51. The second kappa shape index (κ2) is 4.84. The molecule has 2 aliphatic heterocycles. The first-order chi connectivity index (χ1) is 8.79. The molecule has 0 aromatic carbocycles. The molecule has 3 rings (SSSR count). The van der Waals surface area contributed by atoms with E-state index >= 15 is 0 Å². The molecule has 0 bridgehead atoms. The topological polar surface area (TPSA) is 41.1 Å². The zero-order chi connectivity index (χ0) is 12.4. The minimum Gasteiger partial charge on any atom is -0.355 e. The van der Waals surface area contributed by atoms with Crippen LogP contribution in [-0.4, -0.2) is 36.1 Å². The summed E-state index contributed by atoms with van der Waals surface area (Å²) in [5.41, 5.74) is 1.53. The first-order valence-electron chi connectivity index (χ1n) is 7.02. The predicted molar refractivity (Wildman–Crippen MR) is 72.8 cm³/mol. The molecule has 1 spiro atoms. The molecule has 1 atom stereocenters. The summed E-state index contributed by atoms with van der Waals surface area (Å²) in [4.78, 5) is 11.3. The van der Waals surface area contributed by atoms with Crippen LogP contribution in [0.3, 0.4) is 0 Å². The zero-order valence-electron chi connectivity index (χ0n) is 11.2. The summed E-state index contributed by atoms with van der Waals surface area (Å²) in [6, 6.07) is 0. The molecule has 4 nitrogen and oxygen atoms in total. The molecule has 0 aliphatic carbocycles. The van der Waals surface area contributed by atoms with Gasteiger partial charge in [0.05, 0.1) is 5.69 Å². The minimum atomic E-state index is 0.473. The van der Waals surface area contributed by atoms with Crippen molar-refractivity contribution in [3.63, 3.8) is 0 Å². The number of aryl methyl sites for hydroxylation is 1. The van der Waals surface area contributed by atoms with Crippen molar-refractivity contribution < 1.29 is 0 Å². The third-order valence-electron chi connectivity index (χ3n) is 4.38. The van der Waals surface area contributed by atoms with Crippen LogP contribution in [-0.2, 0) is 0 Å². The summed E-state index contributed by atoms with van der Waals surface area (Å²) in [5.74, 6) is 1.09. The maximum Gasteiger partial charge on any atom is 0.150 e. The molecule has 1 unspecified atom stereocenters. The van der Waals surface area contributed by atoms with Crippen LogP contribution < -0.4 is 10.2 Å². The van der Waals surface area contributed by atoms with E-state index in [0.29, 0.717) is 5.41 Å². The predicted octanol–water partition coefficient (Wildman–Crippen LogP) is 1.76. The SMILES string of the molecule is Cc1nccnc1N1CCCC2(CCCNC2)C1. The maximum absolute atomic E-state index is 4.52. The van der Waals surface area contributed by atoms with E-state index in [1.54, 1.807) is 6.20 Å². The van der Waals surface area contributed by atoms with Gasteiger partial charge in [-0.2, -0.15) is 0 Å². The fraction of sp³-hybridized carbons (Fsp3) is 0.714. The van der Waals surface area contributed by atoms with Crippen molar-refractivity contribution in [2.75, 3.05) is 31.1 Å². The van der Waals surface area contributed by atoms with E-state index < -0.39 is 0 Å². The van der Waals surface area contributed by atoms with Gasteiger partial charge in [0.25, 0.3) is 0 Å². The highest BCUT2D eigenvalue weighted by Gasteiger charge is 2.37. The lowest BCUT2D eigenvalue weighted by atomic mass is 9.74. The Bertz CT molecular complexity index is 407. The van der Waals surface area contributed by atoms with Gasteiger partial charge in [-0.3, -0.25) is 4.98 Å². The third-order valence-corrected chi connectivity index (χ3v) is 4.38. The molecule has 1 aromatic rings. The number of nitrogens with zero attached hydrogens (tertiary/aromatic N) is 3. The highest BCUT2D eigenvalue weighted by Crippen LogP contribution is 2.37. The van der Waals surface area contributed by atoms with Gasteiger partial charge in [0.2, 0.25) is 0 Å². The van der Waals surface area contributed by atoms with Gasteiger partial charge in [0.15, 0.2) is 0 Å². The molecule has 0 amide bonds. The van der Waals surface area contributed by atoms with Gasteiger partial charge < -0.3 is 10.2 Å². The molecule has 2 saturated heterocycles. The smallest absolute Gasteiger partial charge is 0.150 e. The zero-order valence-corrected chi connectivity index (χ0v) is 11.2. The van der Waals surface area contributed by atoms with Crippen LogP contribution in [0.25, 0.3) is 0 Å². The average molecular weight is 246 g/mol. The van der Waals surface area contributed by atoms with Gasteiger partial charge in [-0.25, -0.2) is 4.98 Å². The van der Waals surface area contributed by atoms with E-state index in [1.807, 2.05) is 6.20 Å². The Morgan fingerprint density at radius 2 is 2.06 bits per heavy atom. The molecule has 0 saturated carbocycles. The van der Waals surface area contributed by atoms with E-state index in [4.69, 9.17) is 0 Å². The van der Waals surface area contributed by atoms with Crippen LogP contribution >= 0.6 is 0 Å². The fourth-order valence-electron chi connectivity index (χ4n) is 3.48. The molecule has 2 aliphatic rings. The summed E-state index contributed by atoms with van der Waals surface area (Å²) in [6.45, 7) is 6.68. The fourth-order valence-corrected chi connectivity index (χ4v) is 3.48. The van der Waals surface area contributed by atoms with Crippen LogP contribution in [0.15, 0.2) is 12.4 Å². The molecule has 0 radical (unpaired) electrons. The average Bonchev–Trinajstić information content (AvgIpc) is 2.40. The number of aromatic nitrogens is 2. The largest absolute Gasteiger partial charge is 0.355 e. The monoisotopic (exact) mass is 246 g/mol. The van der Waals surface area contributed by atoms with Crippen LogP contribution in [0.2, 0.25) is 0 Å². The Kier molecular flexibility index (Phi) is 3.20. The molecule has 3 heterocycles. The number of anilines is 1. The van der Waals surface area contributed by atoms with Crippen LogP contribution in [0.4, 0.5) is 5.82 Å². The van der Waals surface area contributed by atoms with Gasteiger partial charge in [-0.15, -0.1) is 0 Å². The molecule has 98 valence electrons. The number of rotatable bonds is 1. The van der Waals surface area contributed by atoms with E-state index in [1.165, 1.54) is 38.8 Å². The van der Waals surface area contributed by atoms with Crippen molar-refractivity contribution in [2.45, 2.75) is 32.6 Å². The standard InChI is InChI=1S/C14H22N4/c1-12-13(17-8-7-16-12)18-9-3-5-14(11-18)4-2-6-15-10-14/h7-8,15H,2-6,9-11H2,1H3. The molecule has 18 heavy (non-hydrogen) atoms. The van der Waals surface area contributed by atoms with Gasteiger partial charge >= 0.3 is 0 Å². The summed E-state index contributed by atoms with van der Waals surface area (Å²) < 4.78 is 0. The number of nitrogens with one attached hydrogen (secondary N) is 1. The van der Waals surface area contributed by atoms with Gasteiger partial charge in [-0.1, -0.05) is 0 Å². The van der Waals surface area contributed by atoms with Crippen molar-refractivity contribution in [1.82, 2.24) is 15.3 Å². The van der Waals surface area contributed by atoms with Crippen molar-refractivity contribution >= 4 is 5.82 Å². The number of hydrogen-bond donors (Lipinski definition) is 1. The van der Waals surface area contributed by atoms with Crippen LogP contribution in [0, 0.1) is 12.3 Å². The highest BCUT2D eigenvalue weighted by molar-refractivity contribution is 5.43. The van der Waals surface area contributed by atoms with E-state index in [9.17, 15) is 0 Å². The number of hydrogen-bond acceptors (Lipinski definition) is 4. The van der Waals surface area contributed by atoms with Gasteiger partial charge in [0.1, 0.15) is 5.82 Å². The Morgan fingerprint density at radius 3 is 2.83 bits per heavy atom. The van der Waals surface area contributed by atoms with Crippen LogP contribution in [0.5, 0.6) is 0 Å². The summed E-state index contributed by atoms with van der Waals surface area (Å²) >= 11 is 0.